The molecule has 0 unspecified atom stereocenters. The molecule has 0 bridgehead atoms. The van der Waals surface area contributed by atoms with Crippen LogP contribution in [0.5, 0.6) is 0 Å². The van der Waals surface area contributed by atoms with Crippen LogP contribution in [0, 0.1) is 12.1 Å². The van der Waals surface area contributed by atoms with Crippen LogP contribution < -0.4 is 5.19 Å². The SMILES string of the molecule is CC(C)c1ccc(-c2[c-]ccc3c2sc2ccc([Si](C)(C)C)cc23)nc1.CC(C)c1ccc(-c2[c-]cccc2)nc1.[Ir]. The minimum absolute atomic E-state index is 0. The summed E-state index contributed by atoms with van der Waals surface area (Å²) in [4.78, 5) is 9.17. The predicted molar refractivity (Wildman–Crippen MR) is 181 cm³/mol. The van der Waals surface area contributed by atoms with Gasteiger partial charge in [-0.1, -0.05) is 94.3 Å². The number of rotatable bonds is 5. The Morgan fingerprint density at radius 2 is 1.36 bits per heavy atom. The Balaban J connectivity index is 0.000000216. The molecule has 6 rings (SSSR count). The Bertz CT molecular complexity index is 1750. The summed E-state index contributed by atoms with van der Waals surface area (Å²) in [6.45, 7) is 16.0. The third-order valence-corrected chi connectivity index (χ3v) is 10.7. The number of aromatic nitrogens is 2. The van der Waals surface area contributed by atoms with Crippen LogP contribution in [0.4, 0.5) is 0 Å². The fraction of sp³-hybridized carbons (Fsp3) is 0.243. The monoisotopic (exact) mass is 763 g/mol. The van der Waals surface area contributed by atoms with Crippen molar-refractivity contribution < 1.29 is 20.1 Å². The Kier molecular flexibility index (Phi) is 10.3. The van der Waals surface area contributed by atoms with Gasteiger partial charge in [0, 0.05) is 37.2 Å². The summed E-state index contributed by atoms with van der Waals surface area (Å²) in [5.74, 6) is 1.03. The normalized spacial score (nSPS) is 11.5. The van der Waals surface area contributed by atoms with Crippen molar-refractivity contribution in [1.82, 2.24) is 9.97 Å². The van der Waals surface area contributed by atoms with Crippen LogP contribution in [0.1, 0.15) is 50.7 Å². The van der Waals surface area contributed by atoms with Crippen molar-refractivity contribution >= 4 is 44.8 Å². The molecule has 0 amide bonds. The third kappa shape index (κ3) is 7.15. The molecule has 0 atom stereocenters. The summed E-state index contributed by atoms with van der Waals surface area (Å²) in [6, 6.07) is 34.3. The topological polar surface area (TPSA) is 25.8 Å². The number of fused-ring (bicyclic) bond motifs is 3. The standard InChI is InChI=1S/C23H24NSSi.C14H14N.Ir/c1-15(2)16-9-11-21(24-14-16)19-8-6-7-18-20-13-17(26(3,4)5)10-12-22(20)25-23(18)19;1-11(2)13-8-9-14(15-10-13)12-6-4-3-5-7-12;/h6-7,9-15H,1-5H3;3-6,8-11H,1-2H3;/q2*-1;. The van der Waals surface area contributed by atoms with Crippen LogP contribution in [0.15, 0.2) is 91.3 Å². The largest absolute Gasteiger partial charge is 0.304 e. The van der Waals surface area contributed by atoms with E-state index >= 15 is 0 Å². The Morgan fingerprint density at radius 1 is 0.690 bits per heavy atom. The van der Waals surface area contributed by atoms with Gasteiger partial charge in [-0.15, -0.1) is 59.7 Å². The van der Waals surface area contributed by atoms with E-state index in [1.807, 2.05) is 54.1 Å². The van der Waals surface area contributed by atoms with Crippen molar-refractivity contribution in [2.24, 2.45) is 0 Å². The molecule has 0 saturated heterocycles. The zero-order chi connectivity index (χ0) is 29.1. The molecule has 0 spiro atoms. The second-order valence-corrected chi connectivity index (χ2v) is 18.3. The molecule has 0 aliphatic heterocycles. The van der Waals surface area contributed by atoms with Crippen molar-refractivity contribution in [2.75, 3.05) is 0 Å². The molecule has 0 saturated carbocycles. The van der Waals surface area contributed by atoms with Gasteiger partial charge < -0.3 is 9.97 Å². The molecule has 0 fully saturated rings. The maximum atomic E-state index is 4.73. The van der Waals surface area contributed by atoms with Crippen molar-refractivity contribution in [3.05, 3.63) is 115 Å². The van der Waals surface area contributed by atoms with Gasteiger partial charge in [0.25, 0.3) is 0 Å². The van der Waals surface area contributed by atoms with E-state index in [1.165, 1.54) is 36.5 Å². The summed E-state index contributed by atoms with van der Waals surface area (Å²) in [5, 5.41) is 4.21. The van der Waals surface area contributed by atoms with Gasteiger partial charge >= 0.3 is 0 Å². The van der Waals surface area contributed by atoms with Gasteiger partial charge in [0.15, 0.2) is 0 Å². The second kappa shape index (κ2) is 13.6. The fourth-order valence-electron chi connectivity index (χ4n) is 4.75. The molecular formula is C37H38IrN2SSi-2. The molecule has 2 nitrogen and oxygen atoms in total. The first-order valence-electron chi connectivity index (χ1n) is 14.4. The number of thiophene rings is 1. The van der Waals surface area contributed by atoms with E-state index in [4.69, 9.17) is 4.98 Å². The van der Waals surface area contributed by atoms with Crippen molar-refractivity contribution in [3.63, 3.8) is 0 Å². The molecule has 217 valence electrons. The maximum absolute atomic E-state index is 4.73. The summed E-state index contributed by atoms with van der Waals surface area (Å²) < 4.78 is 2.64. The zero-order valence-electron chi connectivity index (χ0n) is 25.5. The van der Waals surface area contributed by atoms with Gasteiger partial charge in [-0.05, 0) is 50.5 Å². The molecule has 6 aromatic rings. The molecule has 3 aromatic heterocycles. The van der Waals surface area contributed by atoms with Crippen LogP contribution in [-0.4, -0.2) is 18.0 Å². The van der Waals surface area contributed by atoms with Gasteiger partial charge in [0.05, 0.1) is 8.07 Å². The Hall–Kier alpha value is -2.95. The average Bonchev–Trinajstić information content (AvgIpc) is 3.36. The van der Waals surface area contributed by atoms with Crippen molar-refractivity contribution in [1.29, 1.82) is 0 Å². The third-order valence-electron chi connectivity index (χ3n) is 7.44. The van der Waals surface area contributed by atoms with E-state index in [0.29, 0.717) is 11.8 Å². The zero-order valence-corrected chi connectivity index (χ0v) is 29.7. The molecule has 0 aliphatic carbocycles. The summed E-state index contributed by atoms with van der Waals surface area (Å²) in [7, 11) is -1.32. The first-order chi connectivity index (χ1) is 19.6. The minimum atomic E-state index is -1.32. The van der Waals surface area contributed by atoms with Gasteiger partial charge in [0.1, 0.15) is 0 Å². The smallest absolute Gasteiger partial charge is 0.0776 e. The first kappa shape index (κ1) is 32.0. The molecule has 3 aromatic carbocycles. The summed E-state index contributed by atoms with van der Waals surface area (Å²) >= 11 is 1.86. The quantitative estimate of drug-likeness (QED) is 0.129. The van der Waals surface area contributed by atoms with E-state index in [2.05, 4.69) is 113 Å². The summed E-state index contributed by atoms with van der Waals surface area (Å²) in [6.07, 6.45) is 3.95. The Morgan fingerprint density at radius 3 is 1.90 bits per heavy atom. The molecular weight excluding hydrogens is 725 g/mol. The van der Waals surface area contributed by atoms with Crippen LogP contribution in [0.2, 0.25) is 19.6 Å². The van der Waals surface area contributed by atoms with Gasteiger partial charge in [0.2, 0.25) is 0 Å². The molecule has 5 heteroatoms. The number of benzene rings is 3. The first-order valence-corrected chi connectivity index (χ1v) is 18.7. The van der Waals surface area contributed by atoms with E-state index < -0.39 is 8.07 Å². The summed E-state index contributed by atoms with van der Waals surface area (Å²) in [5.41, 5.74) is 6.71. The second-order valence-electron chi connectivity index (χ2n) is 12.2. The van der Waals surface area contributed by atoms with Crippen molar-refractivity contribution in [2.45, 2.75) is 59.2 Å². The minimum Gasteiger partial charge on any atom is -0.304 e. The van der Waals surface area contributed by atoms with E-state index in [0.717, 1.165) is 22.5 Å². The van der Waals surface area contributed by atoms with E-state index in [-0.39, 0.29) is 20.1 Å². The van der Waals surface area contributed by atoms with Crippen LogP contribution >= 0.6 is 11.3 Å². The number of hydrogen-bond acceptors (Lipinski definition) is 3. The molecule has 0 aliphatic rings. The van der Waals surface area contributed by atoms with Crippen LogP contribution in [0.3, 0.4) is 0 Å². The van der Waals surface area contributed by atoms with E-state index in [9.17, 15) is 0 Å². The number of hydrogen-bond donors (Lipinski definition) is 0. The van der Waals surface area contributed by atoms with Gasteiger partial charge in [-0.3, -0.25) is 0 Å². The fourth-order valence-corrected chi connectivity index (χ4v) is 7.10. The molecule has 1 radical (unpaired) electrons. The van der Waals surface area contributed by atoms with Gasteiger partial charge in [-0.2, -0.15) is 11.3 Å². The van der Waals surface area contributed by atoms with Gasteiger partial charge in [-0.25, -0.2) is 0 Å². The van der Waals surface area contributed by atoms with Crippen LogP contribution in [0.25, 0.3) is 42.7 Å². The number of pyridine rings is 2. The van der Waals surface area contributed by atoms with Crippen LogP contribution in [-0.2, 0) is 20.1 Å². The average molecular weight is 763 g/mol. The van der Waals surface area contributed by atoms with E-state index in [1.54, 1.807) is 0 Å². The molecule has 0 N–H and O–H groups in total. The molecule has 3 heterocycles. The Labute approximate surface area is 269 Å². The van der Waals surface area contributed by atoms with Crippen molar-refractivity contribution in [3.8, 4) is 22.5 Å². The maximum Gasteiger partial charge on any atom is 0.0776 e. The molecule has 42 heavy (non-hydrogen) atoms. The predicted octanol–water partition coefficient (Wildman–Crippen LogP) is 10.3. The number of nitrogens with zero attached hydrogens (tertiary/aromatic N) is 2.